The summed E-state index contributed by atoms with van der Waals surface area (Å²) in [6, 6.07) is 9.85. The van der Waals surface area contributed by atoms with Gasteiger partial charge in [0, 0.05) is 11.6 Å². The Morgan fingerprint density at radius 3 is 2.62 bits per heavy atom. The van der Waals surface area contributed by atoms with Crippen molar-refractivity contribution in [2.45, 2.75) is 12.7 Å². The number of benzene rings is 2. The molecular weight excluding hydrogens is 407 g/mol. The maximum Gasteiger partial charge on any atom is 0.416 e. The van der Waals surface area contributed by atoms with Crippen molar-refractivity contribution in [3.05, 3.63) is 70.2 Å². The number of aromatic nitrogens is 1. The molecule has 2 aromatic carbocycles. The van der Waals surface area contributed by atoms with Gasteiger partial charge in [-0.15, -0.1) is 11.3 Å². The van der Waals surface area contributed by atoms with Gasteiger partial charge in [0.25, 0.3) is 5.91 Å². The van der Waals surface area contributed by atoms with Crippen molar-refractivity contribution in [2.75, 3.05) is 0 Å². The molecule has 0 spiro atoms. The monoisotopic (exact) mass is 419 g/mol. The lowest BCUT2D eigenvalue weighted by Gasteiger charge is -2.31. The van der Waals surface area contributed by atoms with E-state index < -0.39 is 23.6 Å². The molecule has 1 aromatic heterocycles. The van der Waals surface area contributed by atoms with Crippen molar-refractivity contribution in [3.63, 3.8) is 0 Å². The van der Waals surface area contributed by atoms with Gasteiger partial charge in [-0.3, -0.25) is 10.2 Å². The molecule has 2 heterocycles. The van der Waals surface area contributed by atoms with Crippen LogP contribution in [0.5, 0.6) is 0 Å². The van der Waals surface area contributed by atoms with Gasteiger partial charge in [0.15, 0.2) is 0 Å². The first kappa shape index (κ1) is 18.9. The predicted octanol–water partition coefficient (Wildman–Crippen LogP) is 3.90. The second kappa shape index (κ2) is 6.89. The van der Waals surface area contributed by atoms with Crippen molar-refractivity contribution in [3.8, 4) is 0 Å². The van der Waals surface area contributed by atoms with Crippen LogP contribution in [0.2, 0.25) is 0 Å². The molecule has 29 heavy (non-hydrogen) atoms. The van der Waals surface area contributed by atoms with Crippen LogP contribution < -0.4 is 5.43 Å². The molecular formula is C19H12F3N3O3S. The van der Waals surface area contributed by atoms with Crippen LogP contribution >= 0.6 is 11.3 Å². The van der Waals surface area contributed by atoms with Gasteiger partial charge in [-0.25, -0.2) is 14.8 Å². The molecule has 10 heteroatoms. The lowest BCUT2D eigenvalue weighted by Crippen LogP contribution is -2.45. The normalized spacial score (nSPS) is 15.5. The van der Waals surface area contributed by atoms with Crippen molar-refractivity contribution in [1.29, 1.82) is 0 Å². The Bertz CT molecular complexity index is 1170. The van der Waals surface area contributed by atoms with E-state index in [-0.39, 0.29) is 17.8 Å². The molecule has 3 aromatic rings. The van der Waals surface area contributed by atoms with Gasteiger partial charge in [0.2, 0.25) is 0 Å². The molecule has 0 radical (unpaired) electrons. The number of amides is 1. The number of thiazole rings is 1. The number of hydrogen-bond donors (Lipinski definition) is 2. The molecule has 0 fully saturated rings. The van der Waals surface area contributed by atoms with E-state index >= 15 is 0 Å². The summed E-state index contributed by atoms with van der Waals surface area (Å²) >= 11 is 1.16. The Labute approximate surface area is 165 Å². The smallest absolute Gasteiger partial charge is 0.416 e. The van der Waals surface area contributed by atoms with E-state index in [1.807, 2.05) is 0 Å². The van der Waals surface area contributed by atoms with Crippen LogP contribution in [0.3, 0.4) is 0 Å². The van der Waals surface area contributed by atoms with Gasteiger partial charge in [-0.05, 0) is 24.3 Å². The van der Waals surface area contributed by atoms with Gasteiger partial charge in [0.1, 0.15) is 5.01 Å². The fourth-order valence-corrected chi connectivity index (χ4v) is 3.94. The van der Waals surface area contributed by atoms with Crippen LogP contribution in [-0.2, 0) is 17.5 Å². The van der Waals surface area contributed by atoms with Crippen LogP contribution in [0.15, 0.2) is 48.5 Å². The summed E-state index contributed by atoms with van der Waals surface area (Å²) < 4.78 is 39.2. The minimum atomic E-state index is -4.47. The van der Waals surface area contributed by atoms with Crippen LogP contribution in [0.4, 0.5) is 13.2 Å². The quantitative estimate of drug-likeness (QED) is 0.630. The van der Waals surface area contributed by atoms with Gasteiger partial charge in [-0.2, -0.15) is 13.2 Å². The molecule has 0 saturated heterocycles. The number of hydrazine groups is 1. The number of carboxylic acids is 1. The minimum Gasteiger partial charge on any atom is -0.478 e. The third-order valence-corrected chi connectivity index (χ3v) is 5.29. The molecule has 0 saturated carbocycles. The fraction of sp³-hybridized carbons (Fsp3) is 0.105. The molecule has 1 aliphatic heterocycles. The summed E-state index contributed by atoms with van der Waals surface area (Å²) in [6.07, 6.45) is -3.52. The second-order valence-corrected chi connectivity index (χ2v) is 7.35. The average Bonchev–Trinajstić information content (AvgIpc) is 3.06. The molecule has 0 bridgehead atoms. The van der Waals surface area contributed by atoms with Gasteiger partial charge in [0.05, 0.1) is 33.6 Å². The fourth-order valence-electron chi connectivity index (χ4n) is 3.01. The first-order valence-electron chi connectivity index (χ1n) is 8.31. The van der Waals surface area contributed by atoms with Gasteiger partial charge >= 0.3 is 12.1 Å². The summed E-state index contributed by atoms with van der Waals surface area (Å²) in [5.74, 6) is -1.57. The number of alkyl halides is 3. The number of halogens is 3. The zero-order valence-corrected chi connectivity index (χ0v) is 15.3. The largest absolute Gasteiger partial charge is 0.478 e. The summed E-state index contributed by atoms with van der Waals surface area (Å²) in [6.45, 7) is -0.0369. The van der Waals surface area contributed by atoms with E-state index in [1.165, 1.54) is 11.1 Å². The number of carboxylic acid groups (broad SMARTS) is 1. The lowest BCUT2D eigenvalue weighted by atomic mass is 10.0. The van der Waals surface area contributed by atoms with Gasteiger partial charge < -0.3 is 5.11 Å². The van der Waals surface area contributed by atoms with Crippen molar-refractivity contribution >= 4 is 39.1 Å². The van der Waals surface area contributed by atoms with Crippen LogP contribution in [0, 0.1) is 0 Å². The number of aliphatic carboxylic acids is 1. The predicted molar refractivity (Wildman–Crippen MR) is 99.7 cm³/mol. The molecule has 6 nitrogen and oxygen atoms in total. The van der Waals surface area contributed by atoms with E-state index in [1.54, 1.807) is 24.3 Å². The maximum absolute atomic E-state index is 12.9. The third-order valence-electron chi connectivity index (χ3n) is 4.27. The first-order chi connectivity index (χ1) is 13.7. The topological polar surface area (TPSA) is 82.5 Å². The van der Waals surface area contributed by atoms with E-state index in [4.69, 9.17) is 5.11 Å². The van der Waals surface area contributed by atoms with Gasteiger partial charge in [-0.1, -0.05) is 18.2 Å². The third kappa shape index (κ3) is 3.66. The molecule has 0 aliphatic carbocycles. The molecule has 2 N–H and O–H groups in total. The zero-order valence-electron chi connectivity index (χ0n) is 14.5. The van der Waals surface area contributed by atoms with E-state index in [2.05, 4.69) is 10.4 Å². The maximum atomic E-state index is 12.9. The van der Waals surface area contributed by atoms with E-state index in [0.29, 0.717) is 20.8 Å². The number of nitrogens with zero attached hydrogens (tertiary/aromatic N) is 2. The van der Waals surface area contributed by atoms with E-state index in [0.717, 1.165) is 29.5 Å². The second-order valence-electron chi connectivity index (χ2n) is 6.23. The molecule has 148 valence electrons. The SMILES string of the molecule is O=C(O)/C=C1/NN(Cc2nc3cc(C(F)(F)F)ccc3s2)C(=O)c2ccccc21. The summed E-state index contributed by atoms with van der Waals surface area (Å²) in [5.41, 5.74) is 3.16. The standard InChI is InChI=1S/C19H12F3N3O3S/c20-19(21,22)10-5-6-15-14(7-10)23-16(29-15)9-25-18(28)12-4-2-1-3-11(12)13(24-25)8-17(26)27/h1-8,24H,9H2,(H,26,27)/b13-8+. The van der Waals surface area contributed by atoms with Crippen LogP contribution in [0.25, 0.3) is 15.9 Å². The number of rotatable bonds is 3. The number of carbonyl (C=O) groups excluding carboxylic acids is 1. The number of hydrogen-bond acceptors (Lipinski definition) is 5. The highest BCUT2D eigenvalue weighted by atomic mass is 32.1. The molecule has 0 atom stereocenters. The van der Waals surface area contributed by atoms with Crippen molar-refractivity contribution in [1.82, 2.24) is 15.4 Å². The minimum absolute atomic E-state index is 0.0369. The molecule has 1 amide bonds. The Hall–Kier alpha value is -3.40. The van der Waals surface area contributed by atoms with Crippen molar-refractivity contribution in [2.24, 2.45) is 0 Å². The highest BCUT2D eigenvalue weighted by Gasteiger charge is 2.31. The summed E-state index contributed by atoms with van der Waals surface area (Å²) in [5, 5.41) is 10.7. The summed E-state index contributed by atoms with van der Waals surface area (Å²) in [4.78, 5) is 28.1. The highest BCUT2D eigenvalue weighted by Crippen LogP contribution is 2.33. The number of fused-ring (bicyclic) bond motifs is 2. The highest BCUT2D eigenvalue weighted by molar-refractivity contribution is 7.18. The Balaban J connectivity index is 1.67. The Morgan fingerprint density at radius 2 is 1.93 bits per heavy atom. The first-order valence-corrected chi connectivity index (χ1v) is 9.13. The number of carbonyl (C=O) groups is 2. The molecule has 1 aliphatic rings. The number of nitrogens with one attached hydrogen (secondary N) is 1. The lowest BCUT2D eigenvalue weighted by molar-refractivity contribution is -0.137. The molecule has 4 rings (SSSR count). The average molecular weight is 419 g/mol. The molecule has 0 unspecified atom stereocenters. The van der Waals surface area contributed by atoms with Crippen LogP contribution in [0.1, 0.15) is 26.5 Å². The van der Waals surface area contributed by atoms with E-state index in [9.17, 15) is 22.8 Å². The Kier molecular flexibility index (Phi) is 4.50. The summed E-state index contributed by atoms with van der Waals surface area (Å²) in [7, 11) is 0. The van der Waals surface area contributed by atoms with Crippen molar-refractivity contribution < 1.29 is 27.9 Å². The van der Waals surface area contributed by atoms with Crippen LogP contribution in [-0.4, -0.2) is 27.0 Å². The zero-order chi connectivity index (χ0) is 20.8. The Morgan fingerprint density at radius 1 is 1.21 bits per heavy atom.